The second-order valence-electron chi connectivity index (χ2n) is 6.02. The first-order valence-corrected chi connectivity index (χ1v) is 9.35. The number of aliphatic imine (C=N–C) groups is 1. The van der Waals surface area contributed by atoms with Gasteiger partial charge in [0.2, 0.25) is 5.90 Å². The summed E-state index contributed by atoms with van der Waals surface area (Å²) in [6, 6.07) is 13.6. The molecule has 0 aliphatic carbocycles. The molecule has 0 bridgehead atoms. The molecule has 0 saturated heterocycles. The molecule has 1 aliphatic heterocycles. The summed E-state index contributed by atoms with van der Waals surface area (Å²) < 4.78 is 11.6. The molecule has 0 spiro atoms. The lowest BCUT2D eigenvalue weighted by Crippen LogP contribution is -2.05. The highest BCUT2D eigenvalue weighted by atomic mass is 79.9. The number of carbonyl (C=O) groups excluding carboxylic acids is 1. The fourth-order valence-corrected chi connectivity index (χ4v) is 3.07. The van der Waals surface area contributed by atoms with Crippen molar-refractivity contribution in [3.05, 3.63) is 69.3 Å². The van der Waals surface area contributed by atoms with Gasteiger partial charge < -0.3 is 9.47 Å². The first-order valence-electron chi connectivity index (χ1n) is 8.56. The fraction of sp³-hybridized carbons (Fsp3) is 0.238. The quantitative estimate of drug-likeness (QED) is 0.486. The Bertz CT molecular complexity index is 869. The first-order chi connectivity index (χ1) is 12.6. The van der Waals surface area contributed by atoms with Crippen molar-refractivity contribution in [2.24, 2.45) is 4.99 Å². The van der Waals surface area contributed by atoms with Crippen LogP contribution < -0.4 is 4.74 Å². The molecule has 1 heterocycles. The summed E-state index contributed by atoms with van der Waals surface area (Å²) in [6.45, 7) is 2.18. The van der Waals surface area contributed by atoms with E-state index >= 15 is 0 Å². The zero-order valence-corrected chi connectivity index (χ0v) is 16.4. The molecule has 0 unspecified atom stereocenters. The van der Waals surface area contributed by atoms with Gasteiger partial charge >= 0.3 is 5.97 Å². The highest BCUT2D eigenvalue weighted by Gasteiger charge is 2.24. The Morgan fingerprint density at radius 1 is 1.19 bits per heavy atom. The van der Waals surface area contributed by atoms with Crippen LogP contribution in [0.3, 0.4) is 0 Å². The summed E-state index contributed by atoms with van der Waals surface area (Å²) in [4.78, 5) is 16.6. The minimum Gasteiger partial charge on any atom is -0.496 e. The second kappa shape index (κ2) is 8.32. The molecule has 26 heavy (non-hydrogen) atoms. The number of rotatable bonds is 6. The third kappa shape index (κ3) is 4.22. The van der Waals surface area contributed by atoms with Crippen molar-refractivity contribution in [2.45, 2.75) is 26.2 Å². The SMILES string of the molecule is CCCCc1ccc(C2=N/C(=C\c3cc(Br)ccc3OC)C(=O)O2)cc1. The van der Waals surface area contributed by atoms with E-state index in [1.807, 2.05) is 30.3 Å². The summed E-state index contributed by atoms with van der Waals surface area (Å²) in [5.41, 5.74) is 3.08. The second-order valence-corrected chi connectivity index (χ2v) is 6.94. The Morgan fingerprint density at radius 3 is 2.65 bits per heavy atom. The van der Waals surface area contributed by atoms with Gasteiger partial charge in [-0.05, 0) is 54.8 Å². The largest absolute Gasteiger partial charge is 0.496 e. The lowest BCUT2D eigenvalue weighted by Gasteiger charge is -2.04. The molecular formula is C21H20BrNO3. The van der Waals surface area contributed by atoms with Crippen molar-refractivity contribution in [1.29, 1.82) is 0 Å². The smallest absolute Gasteiger partial charge is 0.363 e. The number of hydrogen-bond acceptors (Lipinski definition) is 4. The predicted molar refractivity (Wildman–Crippen MR) is 106 cm³/mol. The van der Waals surface area contributed by atoms with Gasteiger partial charge in [0.15, 0.2) is 5.70 Å². The maximum absolute atomic E-state index is 12.2. The Balaban J connectivity index is 1.86. The molecule has 5 heteroatoms. The molecular weight excluding hydrogens is 394 g/mol. The average molecular weight is 414 g/mol. The Hall–Kier alpha value is -2.40. The maximum Gasteiger partial charge on any atom is 0.363 e. The summed E-state index contributed by atoms with van der Waals surface area (Å²) in [6.07, 6.45) is 5.06. The molecule has 0 radical (unpaired) electrons. The predicted octanol–water partition coefficient (Wildman–Crippen LogP) is 5.14. The van der Waals surface area contributed by atoms with E-state index in [1.165, 1.54) is 12.0 Å². The van der Waals surface area contributed by atoms with Crippen LogP contribution in [-0.4, -0.2) is 19.0 Å². The normalized spacial score (nSPS) is 15.1. The van der Waals surface area contributed by atoms with E-state index in [1.54, 1.807) is 13.2 Å². The van der Waals surface area contributed by atoms with Crippen LogP contribution in [0.4, 0.5) is 0 Å². The molecule has 0 N–H and O–H groups in total. The molecule has 2 aromatic rings. The van der Waals surface area contributed by atoms with E-state index in [4.69, 9.17) is 9.47 Å². The van der Waals surface area contributed by atoms with Gasteiger partial charge in [0, 0.05) is 15.6 Å². The van der Waals surface area contributed by atoms with Crippen molar-refractivity contribution in [3.63, 3.8) is 0 Å². The standard InChI is InChI=1S/C21H20BrNO3/c1-3-4-5-14-6-8-15(9-7-14)20-23-18(21(24)26-20)13-16-12-17(22)10-11-19(16)25-2/h6-13H,3-5H2,1-2H3/b18-13-. The lowest BCUT2D eigenvalue weighted by molar-refractivity contribution is -0.129. The number of ether oxygens (including phenoxy) is 2. The van der Waals surface area contributed by atoms with Crippen LogP contribution >= 0.6 is 15.9 Å². The fourth-order valence-electron chi connectivity index (χ4n) is 2.69. The van der Waals surface area contributed by atoms with Crippen LogP contribution in [-0.2, 0) is 16.0 Å². The maximum atomic E-state index is 12.2. The number of cyclic esters (lactones) is 1. The van der Waals surface area contributed by atoms with Gasteiger partial charge in [0.05, 0.1) is 7.11 Å². The molecule has 2 aromatic carbocycles. The van der Waals surface area contributed by atoms with Crippen LogP contribution in [0.25, 0.3) is 6.08 Å². The van der Waals surface area contributed by atoms with Crippen LogP contribution in [0.5, 0.6) is 5.75 Å². The van der Waals surface area contributed by atoms with Crippen molar-refractivity contribution >= 4 is 33.9 Å². The van der Waals surface area contributed by atoms with E-state index in [0.717, 1.165) is 28.4 Å². The van der Waals surface area contributed by atoms with Gasteiger partial charge in [0.25, 0.3) is 0 Å². The summed E-state index contributed by atoms with van der Waals surface area (Å²) in [5, 5.41) is 0. The van der Waals surface area contributed by atoms with Gasteiger partial charge in [0.1, 0.15) is 5.75 Å². The molecule has 0 saturated carbocycles. The minimum absolute atomic E-state index is 0.256. The van der Waals surface area contributed by atoms with Crippen molar-refractivity contribution in [2.75, 3.05) is 7.11 Å². The Labute approximate surface area is 161 Å². The third-order valence-electron chi connectivity index (χ3n) is 4.12. The van der Waals surface area contributed by atoms with E-state index in [2.05, 4.69) is 40.0 Å². The summed E-state index contributed by atoms with van der Waals surface area (Å²) in [7, 11) is 1.59. The molecule has 0 fully saturated rings. The van der Waals surface area contributed by atoms with Crippen LogP contribution in [0.15, 0.2) is 57.6 Å². The monoisotopic (exact) mass is 413 g/mol. The number of unbranched alkanes of at least 4 members (excludes halogenated alkanes) is 1. The van der Waals surface area contributed by atoms with Crippen molar-refractivity contribution in [3.8, 4) is 5.75 Å². The van der Waals surface area contributed by atoms with Crippen molar-refractivity contribution in [1.82, 2.24) is 0 Å². The lowest BCUT2D eigenvalue weighted by atomic mass is 10.1. The molecule has 3 rings (SSSR count). The molecule has 4 nitrogen and oxygen atoms in total. The van der Waals surface area contributed by atoms with E-state index in [0.29, 0.717) is 11.6 Å². The molecule has 0 amide bonds. The van der Waals surface area contributed by atoms with E-state index in [-0.39, 0.29) is 5.70 Å². The zero-order valence-electron chi connectivity index (χ0n) is 14.8. The number of aryl methyl sites for hydroxylation is 1. The number of benzene rings is 2. The molecule has 1 aliphatic rings. The number of halogens is 1. The topological polar surface area (TPSA) is 47.9 Å². The number of esters is 1. The van der Waals surface area contributed by atoms with Gasteiger partial charge in [-0.15, -0.1) is 0 Å². The minimum atomic E-state index is -0.461. The van der Waals surface area contributed by atoms with Crippen LogP contribution in [0.2, 0.25) is 0 Å². The van der Waals surface area contributed by atoms with Crippen molar-refractivity contribution < 1.29 is 14.3 Å². The van der Waals surface area contributed by atoms with Crippen LogP contribution in [0.1, 0.15) is 36.5 Å². The highest BCUT2D eigenvalue weighted by molar-refractivity contribution is 9.10. The molecule has 0 atom stereocenters. The van der Waals surface area contributed by atoms with Gasteiger partial charge in [-0.3, -0.25) is 0 Å². The summed E-state index contributed by atoms with van der Waals surface area (Å²) in [5.74, 6) is 0.534. The number of nitrogens with zero attached hydrogens (tertiary/aromatic N) is 1. The summed E-state index contributed by atoms with van der Waals surface area (Å²) >= 11 is 3.43. The van der Waals surface area contributed by atoms with E-state index in [9.17, 15) is 4.79 Å². The first kappa shape index (κ1) is 18.4. The highest BCUT2D eigenvalue weighted by Crippen LogP contribution is 2.27. The number of methoxy groups -OCH3 is 1. The zero-order chi connectivity index (χ0) is 18.5. The molecule has 134 valence electrons. The van der Waals surface area contributed by atoms with E-state index < -0.39 is 5.97 Å². The van der Waals surface area contributed by atoms with Crippen LogP contribution in [0, 0.1) is 0 Å². The number of carbonyl (C=O) groups is 1. The number of hydrogen-bond donors (Lipinski definition) is 0. The van der Waals surface area contributed by atoms with Gasteiger partial charge in [-0.1, -0.05) is 41.4 Å². The molecule has 0 aromatic heterocycles. The Morgan fingerprint density at radius 2 is 1.96 bits per heavy atom. The Kier molecular flexibility index (Phi) is 5.89. The van der Waals surface area contributed by atoms with Gasteiger partial charge in [-0.2, -0.15) is 0 Å². The van der Waals surface area contributed by atoms with Gasteiger partial charge in [-0.25, -0.2) is 9.79 Å². The third-order valence-corrected chi connectivity index (χ3v) is 4.62. The average Bonchev–Trinajstić information content (AvgIpc) is 3.01.